The Kier molecular flexibility index (Phi) is 3.37. The summed E-state index contributed by atoms with van der Waals surface area (Å²) in [7, 11) is -4.41. The minimum atomic E-state index is -4.41. The fourth-order valence-corrected chi connectivity index (χ4v) is 3.01. The lowest BCUT2D eigenvalue weighted by atomic mass is 10.1. The van der Waals surface area contributed by atoms with Crippen molar-refractivity contribution in [2.45, 2.75) is 4.90 Å². The van der Waals surface area contributed by atoms with Gasteiger partial charge in [0.1, 0.15) is 16.4 Å². The molecule has 3 aromatic carbocycles. The first-order chi connectivity index (χ1) is 10.1. The lowest BCUT2D eigenvalue weighted by molar-refractivity contribution is 0.452. The highest BCUT2D eigenvalue weighted by Crippen LogP contribution is 2.34. The third-order valence-corrected chi connectivity index (χ3v) is 4.01. The number of benzene rings is 3. The molecule has 5 heteroatoms. The van der Waals surface area contributed by atoms with Gasteiger partial charge < -0.3 is 4.74 Å². The molecule has 0 radical (unpaired) electrons. The Morgan fingerprint density at radius 1 is 0.810 bits per heavy atom. The minimum Gasteiger partial charge on any atom is -0.456 e. The Bertz CT molecular complexity index is 887. The van der Waals surface area contributed by atoms with E-state index in [1.54, 1.807) is 60.7 Å². The number of ether oxygens (including phenoxy) is 1. The fourth-order valence-electron chi connectivity index (χ4n) is 2.18. The summed E-state index contributed by atoms with van der Waals surface area (Å²) >= 11 is 0. The van der Waals surface area contributed by atoms with Gasteiger partial charge >= 0.3 is 0 Å². The molecule has 0 amide bonds. The van der Waals surface area contributed by atoms with Gasteiger partial charge in [-0.25, -0.2) is 0 Å². The van der Waals surface area contributed by atoms with Crippen molar-refractivity contribution in [3.63, 3.8) is 0 Å². The molecule has 0 saturated carbocycles. The third-order valence-electron chi connectivity index (χ3n) is 3.07. The smallest absolute Gasteiger partial charge is 0.298 e. The van der Waals surface area contributed by atoms with Crippen molar-refractivity contribution in [2.24, 2.45) is 0 Å². The van der Waals surface area contributed by atoms with Crippen molar-refractivity contribution in [3.8, 4) is 11.5 Å². The van der Waals surface area contributed by atoms with Crippen LogP contribution in [0.15, 0.2) is 71.6 Å². The molecule has 106 valence electrons. The first-order valence-electron chi connectivity index (χ1n) is 6.28. The molecule has 0 heterocycles. The summed E-state index contributed by atoms with van der Waals surface area (Å²) in [6.45, 7) is 0. The van der Waals surface area contributed by atoms with Gasteiger partial charge in [-0.2, -0.15) is 8.42 Å². The lowest BCUT2D eigenvalue weighted by Crippen LogP contribution is -2.02. The van der Waals surface area contributed by atoms with Gasteiger partial charge in [0.05, 0.1) is 0 Å². The topological polar surface area (TPSA) is 63.6 Å². The number of rotatable bonds is 3. The molecule has 0 bridgehead atoms. The van der Waals surface area contributed by atoms with E-state index in [0.717, 1.165) is 0 Å². The molecule has 4 nitrogen and oxygen atoms in total. The van der Waals surface area contributed by atoms with Crippen LogP contribution in [0.1, 0.15) is 0 Å². The Hall–Kier alpha value is -2.37. The summed E-state index contributed by atoms with van der Waals surface area (Å²) in [6, 6.07) is 19.0. The molecule has 0 unspecified atom stereocenters. The fraction of sp³-hybridized carbons (Fsp3) is 0. The normalized spacial score (nSPS) is 11.5. The molecule has 0 saturated heterocycles. The van der Waals surface area contributed by atoms with Crippen LogP contribution < -0.4 is 4.74 Å². The summed E-state index contributed by atoms with van der Waals surface area (Å²) in [4.78, 5) is -0.218. The van der Waals surface area contributed by atoms with Gasteiger partial charge in [-0.3, -0.25) is 4.55 Å². The van der Waals surface area contributed by atoms with Crippen LogP contribution in [0.25, 0.3) is 10.8 Å². The first kappa shape index (κ1) is 13.6. The number of hydrogen-bond donors (Lipinski definition) is 1. The first-order valence-corrected chi connectivity index (χ1v) is 7.72. The monoisotopic (exact) mass is 300 g/mol. The zero-order chi connectivity index (χ0) is 14.9. The summed E-state index contributed by atoms with van der Waals surface area (Å²) < 4.78 is 38.6. The Morgan fingerprint density at radius 2 is 1.48 bits per heavy atom. The average molecular weight is 300 g/mol. The zero-order valence-corrected chi connectivity index (χ0v) is 11.7. The quantitative estimate of drug-likeness (QED) is 0.746. The molecule has 3 rings (SSSR count). The third kappa shape index (κ3) is 2.74. The standard InChI is InChI=1S/C16H12O4S/c17-21(18,19)16-14-9-5-4-6-12(14)10-11-15(16)20-13-7-2-1-3-8-13/h1-11H,(H,17,18,19). The van der Waals surface area contributed by atoms with Gasteiger partial charge in [-0.05, 0) is 23.6 Å². The van der Waals surface area contributed by atoms with Crippen LogP contribution in [-0.2, 0) is 10.1 Å². The SMILES string of the molecule is O=S(=O)(O)c1c(Oc2ccccc2)ccc2ccccc12. The largest absolute Gasteiger partial charge is 0.456 e. The van der Waals surface area contributed by atoms with E-state index in [2.05, 4.69) is 0 Å². The average Bonchev–Trinajstić information content (AvgIpc) is 2.47. The second-order valence-corrected chi connectivity index (χ2v) is 5.86. The maximum absolute atomic E-state index is 11.7. The highest BCUT2D eigenvalue weighted by molar-refractivity contribution is 7.86. The molecule has 0 aliphatic heterocycles. The predicted molar refractivity (Wildman–Crippen MR) is 80.3 cm³/mol. The van der Waals surface area contributed by atoms with E-state index in [0.29, 0.717) is 16.5 Å². The van der Waals surface area contributed by atoms with Crippen LogP contribution in [0.5, 0.6) is 11.5 Å². The van der Waals surface area contributed by atoms with E-state index < -0.39 is 10.1 Å². The molecule has 0 spiro atoms. The van der Waals surface area contributed by atoms with E-state index in [9.17, 15) is 13.0 Å². The van der Waals surface area contributed by atoms with Crippen LogP contribution in [0, 0.1) is 0 Å². The molecule has 0 aromatic heterocycles. The zero-order valence-electron chi connectivity index (χ0n) is 10.9. The van der Waals surface area contributed by atoms with Gasteiger partial charge in [0.15, 0.2) is 0 Å². The van der Waals surface area contributed by atoms with Crippen LogP contribution in [0.4, 0.5) is 0 Å². The van der Waals surface area contributed by atoms with Gasteiger partial charge in [-0.15, -0.1) is 0 Å². The molecule has 21 heavy (non-hydrogen) atoms. The van der Waals surface area contributed by atoms with Crippen molar-refractivity contribution in [1.29, 1.82) is 0 Å². The molecule has 0 aliphatic rings. The van der Waals surface area contributed by atoms with Crippen molar-refractivity contribution in [2.75, 3.05) is 0 Å². The summed E-state index contributed by atoms with van der Waals surface area (Å²) in [5.74, 6) is 0.597. The van der Waals surface area contributed by atoms with E-state index >= 15 is 0 Å². The molecule has 1 N–H and O–H groups in total. The summed E-state index contributed by atoms with van der Waals surface area (Å²) in [5.41, 5.74) is 0. The molecule has 0 aliphatic carbocycles. The van der Waals surface area contributed by atoms with Gasteiger partial charge in [0, 0.05) is 5.39 Å². The van der Waals surface area contributed by atoms with E-state index in [4.69, 9.17) is 4.74 Å². The van der Waals surface area contributed by atoms with Gasteiger partial charge in [0.25, 0.3) is 10.1 Å². The summed E-state index contributed by atoms with van der Waals surface area (Å²) in [6.07, 6.45) is 0. The van der Waals surface area contributed by atoms with E-state index in [1.165, 1.54) is 0 Å². The Labute approximate surface area is 122 Å². The number of para-hydroxylation sites is 1. The molecule has 3 aromatic rings. The van der Waals surface area contributed by atoms with E-state index in [1.807, 2.05) is 6.07 Å². The van der Waals surface area contributed by atoms with Crippen molar-refractivity contribution < 1.29 is 17.7 Å². The lowest BCUT2D eigenvalue weighted by Gasteiger charge is -2.12. The van der Waals surface area contributed by atoms with Gasteiger partial charge in [-0.1, -0.05) is 48.5 Å². The van der Waals surface area contributed by atoms with Crippen LogP contribution >= 0.6 is 0 Å². The summed E-state index contributed by atoms with van der Waals surface area (Å²) in [5, 5.41) is 1.14. The minimum absolute atomic E-state index is 0.0994. The predicted octanol–water partition coefficient (Wildman–Crippen LogP) is 3.88. The molecule has 0 atom stereocenters. The van der Waals surface area contributed by atoms with Crippen LogP contribution in [-0.4, -0.2) is 13.0 Å². The Morgan fingerprint density at radius 3 is 2.19 bits per heavy atom. The van der Waals surface area contributed by atoms with Crippen molar-refractivity contribution in [1.82, 2.24) is 0 Å². The second kappa shape index (κ2) is 5.20. The van der Waals surface area contributed by atoms with Crippen molar-refractivity contribution >= 4 is 20.9 Å². The highest BCUT2D eigenvalue weighted by Gasteiger charge is 2.21. The molecule has 0 fully saturated rings. The molecular formula is C16H12O4S. The highest BCUT2D eigenvalue weighted by atomic mass is 32.2. The number of hydrogen-bond acceptors (Lipinski definition) is 3. The maximum atomic E-state index is 11.7. The number of fused-ring (bicyclic) bond motifs is 1. The van der Waals surface area contributed by atoms with Crippen LogP contribution in [0.2, 0.25) is 0 Å². The van der Waals surface area contributed by atoms with Crippen LogP contribution in [0.3, 0.4) is 0 Å². The maximum Gasteiger partial charge on any atom is 0.298 e. The van der Waals surface area contributed by atoms with Gasteiger partial charge in [0.2, 0.25) is 0 Å². The van der Waals surface area contributed by atoms with Crippen molar-refractivity contribution in [3.05, 3.63) is 66.7 Å². The molecular weight excluding hydrogens is 288 g/mol. The van der Waals surface area contributed by atoms with E-state index in [-0.39, 0.29) is 10.6 Å². The second-order valence-electron chi connectivity index (χ2n) is 4.50. The Balaban J connectivity index is 2.23.